The van der Waals surface area contributed by atoms with Crippen molar-refractivity contribution in [1.29, 1.82) is 0 Å². The van der Waals surface area contributed by atoms with E-state index in [9.17, 15) is 28.7 Å². The van der Waals surface area contributed by atoms with Crippen molar-refractivity contribution in [1.82, 2.24) is 0 Å². The molecule has 0 aromatic rings. The van der Waals surface area contributed by atoms with Gasteiger partial charge in [-0.1, -0.05) is 114 Å². The number of aliphatic hydroxyl groups is 2. The Hall–Kier alpha value is -1.96. The van der Waals surface area contributed by atoms with Crippen LogP contribution in [0.2, 0.25) is 0 Å². The summed E-state index contributed by atoms with van der Waals surface area (Å²) in [5, 5.41) is 18.5. The van der Waals surface area contributed by atoms with Crippen LogP contribution in [0.15, 0.2) is 48.6 Å². The number of aliphatic hydroxyl groups excluding tert-OH is 2. The first-order valence-corrected chi connectivity index (χ1v) is 22.8. The first-order valence-electron chi connectivity index (χ1n) is 19.8. The van der Waals surface area contributed by atoms with Crippen LogP contribution in [0.25, 0.3) is 0 Å². The Morgan fingerprint density at radius 3 is 1.65 bits per heavy atom. The van der Waals surface area contributed by atoms with E-state index in [-0.39, 0.29) is 19.4 Å². The van der Waals surface area contributed by atoms with Gasteiger partial charge in [0, 0.05) is 19.4 Å². The lowest BCUT2D eigenvalue weighted by atomic mass is 10.0. The van der Waals surface area contributed by atoms with Gasteiger partial charge in [-0.25, -0.2) is 9.13 Å². The molecule has 1 unspecified atom stereocenters. The van der Waals surface area contributed by atoms with Gasteiger partial charge < -0.3 is 34.4 Å². The summed E-state index contributed by atoms with van der Waals surface area (Å²) in [6.07, 6.45) is 30.2. The third kappa shape index (κ3) is 40.1. The summed E-state index contributed by atoms with van der Waals surface area (Å²) < 4.78 is 47.5. The summed E-state index contributed by atoms with van der Waals surface area (Å²) in [4.78, 5) is 52.4. The van der Waals surface area contributed by atoms with E-state index < -0.39 is 66.2 Å². The van der Waals surface area contributed by atoms with Crippen molar-refractivity contribution in [2.75, 3.05) is 33.0 Å². The molecule has 3 atom stereocenters. The number of phosphoric ester groups is 2. The van der Waals surface area contributed by atoms with Gasteiger partial charge in [0.15, 0.2) is 6.10 Å². The number of carbonyl (C=O) groups excluding carboxylic acids is 2. The highest BCUT2D eigenvalue weighted by Crippen LogP contribution is 2.43. The Kier molecular flexibility index (Phi) is 34.0. The topological polar surface area (TPSA) is 216 Å². The van der Waals surface area contributed by atoms with Crippen molar-refractivity contribution in [3.8, 4) is 0 Å². The van der Waals surface area contributed by atoms with Crippen molar-refractivity contribution in [3.63, 3.8) is 0 Å². The SMILES string of the molecule is CC(C)CCCCCCCCCC(=O)O[C@H](COC(=O)CCC/C=C\C/C=C\C/C=C\C/C=C\CCCCCO)COP(=O)(O)OC[C@@H](O)COP(=O)(O)O. The number of allylic oxidation sites excluding steroid dienone is 8. The zero-order valence-electron chi connectivity index (χ0n) is 33.1. The third-order valence-corrected chi connectivity index (χ3v) is 9.38. The second kappa shape index (κ2) is 35.2. The average molecular weight is 825 g/mol. The highest BCUT2D eigenvalue weighted by molar-refractivity contribution is 7.47. The number of ether oxygens (including phenoxy) is 2. The Bertz CT molecular complexity index is 1180. The second-order valence-corrected chi connectivity index (χ2v) is 16.5. The first kappa shape index (κ1) is 53.0. The van der Waals surface area contributed by atoms with Crippen LogP contribution < -0.4 is 0 Å². The van der Waals surface area contributed by atoms with Crippen LogP contribution >= 0.6 is 15.6 Å². The molecule has 0 fully saturated rings. The molecule has 0 amide bonds. The maximum Gasteiger partial charge on any atom is 0.472 e. The van der Waals surface area contributed by atoms with Gasteiger partial charge in [-0.3, -0.25) is 23.2 Å². The minimum Gasteiger partial charge on any atom is -0.462 e. The van der Waals surface area contributed by atoms with E-state index in [0.29, 0.717) is 25.2 Å². The highest BCUT2D eigenvalue weighted by atomic mass is 31.2. The van der Waals surface area contributed by atoms with Crippen LogP contribution in [0.4, 0.5) is 0 Å². The molecule has 0 saturated heterocycles. The minimum absolute atomic E-state index is 0.108. The van der Waals surface area contributed by atoms with Gasteiger partial charge in [0.2, 0.25) is 0 Å². The molecule has 0 bridgehead atoms. The quantitative estimate of drug-likeness (QED) is 0.0172. The molecule has 55 heavy (non-hydrogen) atoms. The van der Waals surface area contributed by atoms with Crippen molar-refractivity contribution in [3.05, 3.63) is 48.6 Å². The fraction of sp³-hybridized carbons (Fsp3) is 0.744. The van der Waals surface area contributed by atoms with Gasteiger partial charge in [0.1, 0.15) is 12.7 Å². The molecular formula is C39H70O14P2. The molecule has 0 aromatic carbocycles. The molecule has 0 aliphatic rings. The van der Waals surface area contributed by atoms with Gasteiger partial charge >= 0.3 is 27.6 Å². The number of carbonyl (C=O) groups is 2. The van der Waals surface area contributed by atoms with Crippen LogP contribution in [0, 0.1) is 5.92 Å². The lowest BCUT2D eigenvalue weighted by Gasteiger charge is -2.20. The zero-order chi connectivity index (χ0) is 41.0. The Morgan fingerprint density at radius 2 is 1.07 bits per heavy atom. The molecule has 5 N–H and O–H groups in total. The van der Waals surface area contributed by atoms with Gasteiger partial charge in [0.05, 0.1) is 19.8 Å². The van der Waals surface area contributed by atoms with E-state index in [0.717, 1.165) is 70.6 Å². The summed E-state index contributed by atoms with van der Waals surface area (Å²) in [6, 6.07) is 0. The van der Waals surface area contributed by atoms with Crippen molar-refractivity contribution < 1.29 is 66.7 Å². The molecule has 16 heteroatoms. The van der Waals surface area contributed by atoms with Gasteiger partial charge in [0.25, 0.3) is 0 Å². The van der Waals surface area contributed by atoms with Crippen molar-refractivity contribution in [2.45, 2.75) is 148 Å². The van der Waals surface area contributed by atoms with E-state index in [1.54, 1.807) is 0 Å². The largest absolute Gasteiger partial charge is 0.472 e. The Morgan fingerprint density at radius 1 is 0.582 bits per heavy atom. The van der Waals surface area contributed by atoms with Crippen LogP contribution in [-0.4, -0.2) is 82.1 Å². The van der Waals surface area contributed by atoms with E-state index in [1.165, 1.54) is 19.3 Å². The molecule has 0 heterocycles. The van der Waals surface area contributed by atoms with Gasteiger partial charge in [-0.2, -0.15) is 0 Å². The standard InChI is InChI=1S/C39H70O14P2/c1-35(2)27-23-19-15-14-17-21-25-29-39(43)53-37(34-52-55(47,48)51-32-36(41)31-50-54(44,45)46)33-49-38(42)28-24-20-16-12-10-8-6-4-3-5-7-9-11-13-18-22-26-30-40/h3,5-6,8-9,11-12,16,35-37,40-41H,4,7,10,13-15,17-34H2,1-2H3,(H,47,48)(H2,44,45,46)/b5-3-,8-6-,11-9-,16-12-/t36-,37+/m0/s1. The number of rotatable bonds is 37. The summed E-state index contributed by atoms with van der Waals surface area (Å²) in [5.74, 6) is -0.411. The van der Waals surface area contributed by atoms with Gasteiger partial charge in [-0.05, 0) is 63.7 Å². The molecule has 0 aromatic heterocycles. The molecule has 0 aliphatic carbocycles. The minimum atomic E-state index is -4.87. The normalized spacial score (nSPS) is 14.8. The van der Waals surface area contributed by atoms with Crippen molar-refractivity contribution >= 4 is 27.6 Å². The molecule has 0 saturated carbocycles. The maximum atomic E-state index is 12.6. The number of unbranched alkanes of at least 4 members (excludes halogenated alkanes) is 10. The fourth-order valence-electron chi connectivity index (χ4n) is 4.91. The number of hydrogen-bond donors (Lipinski definition) is 5. The van der Waals surface area contributed by atoms with E-state index >= 15 is 0 Å². The smallest absolute Gasteiger partial charge is 0.462 e. The highest BCUT2D eigenvalue weighted by Gasteiger charge is 2.28. The van der Waals surface area contributed by atoms with Crippen LogP contribution in [0.3, 0.4) is 0 Å². The number of esters is 2. The monoisotopic (exact) mass is 824 g/mol. The summed E-state index contributed by atoms with van der Waals surface area (Å²) in [7, 11) is -9.68. The van der Waals surface area contributed by atoms with Crippen LogP contribution in [0.5, 0.6) is 0 Å². The third-order valence-electron chi connectivity index (χ3n) is 7.94. The first-order chi connectivity index (χ1) is 26.2. The Labute approximate surface area is 329 Å². The second-order valence-electron chi connectivity index (χ2n) is 13.8. The van der Waals surface area contributed by atoms with E-state index in [1.807, 2.05) is 12.2 Å². The molecule has 0 radical (unpaired) electrons. The molecular weight excluding hydrogens is 754 g/mol. The molecule has 14 nitrogen and oxygen atoms in total. The fourth-order valence-corrected chi connectivity index (χ4v) is 6.07. The lowest BCUT2D eigenvalue weighted by Crippen LogP contribution is -2.30. The van der Waals surface area contributed by atoms with E-state index in [4.69, 9.17) is 28.9 Å². The average Bonchev–Trinajstić information content (AvgIpc) is 3.12. The summed E-state index contributed by atoms with van der Waals surface area (Å²) in [6.45, 7) is 1.90. The predicted octanol–water partition coefficient (Wildman–Crippen LogP) is 8.33. The zero-order valence-corrected chi connectivity index (χ0v) is 34.9. The van der Waals surface area contributed by atoms with Crippen LogP contribution in [0.1, 0.15) is 136 Å². The lowest BCUT2D eigenvalue weighted by molar-refractivity contribution is -0.161. The van der Waals surface area contributed by atoms with E-state index in [2.05, 4.69) is 59.4 Å². The molecule has 0 spiro atoms. The number of hydrogen-bond acceptors (Lipinski definition) is 11. The van der Waals surface area contributed by atoms with Crippen molar-refractivity contribution in [2.24, 2.45) is 5.92 Å². The summed E-state index contributed by atoms with van der Waals surface area (Å²) >= 11 is 0. The predicted molar refractivity (Wildman–Crippen MR) is 213 cm³/mol. The Balaban J connectivity index is 4.62. The van der Waals surface area contributed by atoms with Gasteiger partial charge in [-0.15, -0.1) is 0 Å². The maximum absolute atomic E-state index is 12.6. The number of phosphoric acid groups is 2. The molecule has 0 aliphatic heterocycles. The summed E-state index contributed by atoms with van der Waals surface area (Å²) in [5.41, 5.74) is 0. The van der Waals surface area contributed by atoms with Crippen LogP contribution in [-0.2, 0) is 41.8 Å². The molecule has 0 rings (SSSR count). The molecule has 320 valence electrons.